The van der Waals surface area contributed by atoms with E-state index in [1.807, 2.05) is 6.08 Å². The van der Waals surface area contributed by atoms with Crippen molar-refractivity contribution in [1.29, 1.82) is 0 Å². The zero-order chi connectivity index (χ0) is 8.27. The molecule has 0 aliphatic rings. The van der Waals surface area contributed by atoms with Crippen molar-refractivity contribution in [2.45, 2.75) is 13.8 Å². The lowest BCUT2D eigenvalue weighted by Crippen LogP contribution is -1.74. The smallest absolute Gasteiger partial charge is 0.0368 e. The molecule has 11 heavy (non-hydrogen) atoms. The van der Waals surface area contributed by atoms with Crippen LogP contribution >= 0.6 is 11.3 Å². The molecule has 0 aliphatic heterocycles. The van der Waals surface area contributed by atoms with Gasteiger partial charge < -0.3 is 0 Å². The van der Waals surface area contributed by atoms with E-state index in [4.69, 9.17) is 0 Å². The molecule has 1 heteroatoms. The van der Waals surface area contributed by atoms with E-state index in [-0.39, 0.29) is 0 Å². The lowest BCUT2D eigenvalue weighted by molar-refractivity contribution is 1.62. The van der Waals surface area contributed by atoms with E-state index < -0.39 is 0 Å². The summed E-state index contributed by atoms with van der Waals surface area (Å²) >= 11 is 1.77. The Morgan fingerprint density at radius 3 is 2.91 bits per heavy atom. The summed E-state index contributed by atoms with van der Waals surface area (Å²) in [5.74, 6) is 0. The number of allylic oxidation sites excluding steroid dienone is 2. The highest BCUT2D eigenvalue weighted by Gasteiger charge is 2.00. The molecule has 0 fully saturated rings. The molecule has 0 spiro atoms. The first-order valence-electron chi connectivity index (χ1n) is 3.62. The Hall–Kier alpha value is -0.820. The van der Waals surface area contributed by atoms with Gasteiger partial charge in [0.1, 0.15) is 0 Å². The Morgan fingerprint density at radius 1 is 1.64 bits per heavy atom. The van der Waals surface area contributed by atoms with Gasteiger partial charge in [0.25, 0.3) is 0 Å². The van der Waals surface area contributed by atoms with Crippen LogP contribution in [0.2, 0.25) is 0 Å². The van der Waals surface area contributed by atoms with E-state index >= 15 is 0 Å². The maximum atomic E-state index is 3.76. The summed E-state index contributed by atoms with van der Waals surface area (Å²) in [6, 6.07) is 2.10. The number of thiophene rings is 1. The van der Waals surface area contributed by atoms with Gasteiger partial charge in [-0.1, -0.05) is 18.7 Å². The van der Waals surface area contributed by atoms with Crippen molar-refractivity contribution in [2.75, 3.05) is 0 Å². The van der Waals surface area contributed by atoms with Gasteiger partial charge in [-0.15, -0.1) is 11.3 Å². The Balaban J connectivity index is 3.12. The Kier molecular flexibility index (Phi) is 2.66. The second kappa shape index (κ2) is 3.54. The van der Waals surface area contributed by atoms with Crippen molar-refractivity contribution in [1.82, 2.24) is 0 Å². The van der Waals surface area contributed by atoms with E-state index in [9.17, 15) is 0 Å². The minimum absolute atomic E-state index is 1.24. The second-order valence-electron chi connectivity index (χ2n) is 2.38. The van der Waals surface area contributed by atoms with Gasteiger partial charge >= 0.3 is 0 Å². The second-order valence-corrected chi connectivity index (χ2v) is 3.30. The molecule has 0 aromatic carbocycles. The highest BCUT2D eigenvalue weighted by atomic mass is 32.1. The van der Waals surface area contributed by atoms with Crippen LogP contribution in [0.15, 0.2) is 24.1 Å². The quantitative estimate of drug-likeness (QED) is 0.623. The van der Waals surface area contributed by atoms with Gasteiger partial charge in [0.2, 0.25) is 0 Å². The van der Waals surface area contributed by atoms with Crippen LogP contribution in [0, 0.1) is 0 Å². The van der Waals surface area contributed by atoms with Crippen molar-refractivity contribution < 1.29 is 0 Å². The number of hydrogen-bond donors (Lipinski definition) is 0. The van der Waals surface area contributed by atoms with Crippen LogP contribution in [0.4, 0.5) is 0 Å². The third-order valence-corrected chi connectivity index (χ3v) is 2.77. The van der Waals surface area contributed by atoms with E-state index in [1.165, 1.54) is 16.0 Å². The molecule has 0 bridgehead atoms. The maximum Gasteiger partial charge on any atom is 0.0368 e. The fraction of sp³-hybridized carbons (Fsp3) is 0.200. The summed E-state index contributed by atoms with van der Waals surface area (Å²) in [5.41, 5.74) is 2.57. The molecule has 0 N–H and O–H groups in total. The van der Waals surface area contributed by atoms with Crippen LogP contribution in [0.1, 0.15) is 24.3 Å². The number of hydrogen-bond acceptors (Lipinski definition) is 1. The number of rotatable bonds is 2. The fourth-order valence-electron chi connectivity index (χ4n) is 0.932. The predicted molar refractivity (Wildman–Crippen MR) is 53.7 cm³/mol. The van der Waals surface area contributed by atoms with Crippen LogP contribution in [-0.4, -0.2) is 0 Å². The van der Waals surface area contributed by atoms with Crippen molar-refractivity contribution >= 4 is 23.0 Å². The third kappa shape index (κ3) is 1.60. The van der Waals surface area contributed by atoms with Crippen LogP contribution in [0.3, 0.4) is 0 Å². The highest BCUT2D eigenvalue weighted by molar-refractivity contribution is 7.11. The van der Waals surface area contributed by atoms with E-state index in [1.54, 1.807) is 11.3 Å². The third-order valence-electron chi connectivity index (χ3n) is 1.71. The summed E-state index contributed by atoms with van der Waals surface area (Å²) in [7, 11) is 0. The normalized spacial score (nSPS) is 11.6. The van der Waals surface area contributed by atoms with Gasteiger partial charge in [-0.05, 0) is 36.4 Å². The lowest BCUT2D eigenvalue weighted by Gasteiger charge is -1.96. The van der Waals surface area contributed by atoms with Gasteiger partial charge in [-0.2, -0.15) is 0 Å². The van der Waals surface area contributed by atoms with Crippen LogP contribution in [-0.2, 0) is 0 Å². The first-order chi connectivity index (χ1) is 5.29. The van der Waals surface area contributed by atoms with Gasteiger partial charge in [0, 0.05) is 4.88 Å². The molecule has 0 aliphatic carbocycles. The van der Waals surface area contributed by atoms with Gasteiger partial charge in [0.15, 0.2) is 0 Å². The molecule has 1 aromatic rings. The molecular weight excluding hydrogens is 152 g/mol. The van der Waals surface area contributed by atoms with Crippen molar-refractivity contribution in [3.05, 3.63) is 34.5 Å². The highest BCUT2D eigenvalue weighted by Crippen LogP contribution is 2.25. The molecule has 0 radical (unpaired) electrons. The molecule has 0 nitrogen and oxygen atoms in total. The average Bonchev–Trinajstić information content (AvgIpc) is 2.50. The van der Waals surface area contributed by atoms with E-state index in [2.05, 4.69) is 37.9 Å². The summed E-state index contributed by atoms with van der Waals surface area (Å²) in [6.45, 7) is 7.94. The van der Waals surface area contributed by atoms with E-state index in [0.29, 0.717) is 0 Å². The molecule has 1 aromatic heterocycles. The molecular formula is C10H12S. The maximum absolute atomic E-state index is 3.76. The molecule has 0 unspecified atom stereocenters. The van der Waals surface area contributed by atoms with Gasteiger partial charge in [-0.3, -0.25) is 0 Å². The minimum Gasteiger partial charge on any atom is -0.144 e. The SMILES string of the molecule is C=Cc1ccsc1/C(C)=C\C. The van der Waals surface area contributed by atoms with Crippen LogP contribution in [0.25, 0.3) is 11.6 Å². The zero-order valence-corrected chi connectivity index (χ0v) is 7.74. The summed E-state index contributed by atoms with van der Waals surface area (Å²) in [5, 5.41) is 2.10. The first kappa shape index (κ1) is 8.28. The fourth-order valence-corrected chi connectivity index (χ4v) is 1.87. The van der Waals surface area contributed by atoms with Crippen LogP contribution < -0.4 is 0 Å². The van der Waals surface area contributed by atoms with Gasteiger partial charge in [0.05, 0.1) is 0 Å². The van der Waals surface area contributed by atoms with Gasteiger partial charge in [-0.25, -0.2) is 0 Å². The summed E-state index contributed by atoms with van der Waals surface area (Å²) in [6.07, 6.45) is 4.03. The first-order valence-corrected chi connectivity index (χ1v) is 4.50. The molecule has 0 saturated heterocycles. The predicted octanol–water partition coefficient (Wildman–Crippen LogP) is 3.81. The minimum atomic E-state index is 1.24. The molecule has 1 heterocycles. The molecule has 0 amide bonds. The Bertz CT molecular complexity index is 279. The van der Waals surface area contributed by atoms with Crippen molar-refractivity contribution in [3.63, 3.8) is 0 Å². The average molecular weight is 164 g/mol. The van der Waals surface area contributed by atoms with Crippen LogP contribution in [0.5, 0.6) is 0 Å². The zero-order valence-electron chi connectivity index (χ0n) is 6.92. The van der Waals surface area contributed by atoms with E-state index in [0.717, 1.165) is 0 Å². The monoisotopic (exact) mass is 164 g/mol. The molecule has 1 rings (SSSR count). The van der Waals surface area contributed by atoms with Crippen molar-refractivity contribution in [2.24, 2.45) is 0 Å². The Labute approximate surface area is 71.9 Å². The summed E-state index contributed by atoms with van der Waals surface area (Å²) < 4.78 is 0. The topological polar surface area (TPSA) is 0 Å². The molecule has 0 saturated carbocycles. The molecule has 0 atom stereocenters. The lowest BCUT2D eigenvalue weighted by atomic mass is 10.1. The largest absolute Gasteiger partial charge is 0.144 e. The van der Waals surface area contributed by atoms with Crippen molar-refractivity contribution in [3.8, 4) is 0 Å². The summed E-state index contributed by atoms with van der Waals surface area (Å²) in [4.78, 5) is 1.34. The Morgan fingerprint density at radius 2 is 2.36 bits per heavy atom. The molecule has 58 valence electrons. The standard InChI is InChI=1S/C10H12S/c1-4-8(3)10-9(5-2)6-7-11-10/h4-7H,2H2,1,3H3/b8-4-.